The third-order valence-electron chi connectivity index (χ3n) is 10.9. The molecule has 0 fully saturated rings. The maximum absolute atomic E-state index is 12.1. The van der Waals surface area contributed by atoms with Gasteiger partial charge in [0, 0.05) is 58.6 Å². The van der Waals surface area contributed by atoms with Crippen molar-refractivity contribution in [2.45, 2.75) is 35.7 Å². The molecule has 0 amide bonds. The van der Waals surface area contributed by atoms with Gasteiger partial charge in [0.05, 0.1) is 5.92 Å². The van der Waals surface area contributed by atoms with E-state index in [0.717, 1.165) is 22.3 Å². The van der Waals surface area contributed by atoms with Gasteiger partial charge in [0.2, 0.25) is 0 Å². The van der Waals surface area contributed by atoms with Gasteiger partial charge in [-0.2, -0.15) is 0 Å². The largest absolute Gasteiger partial charge is 0.508 e. The average molecular weight is 681 g/mol. The summed E-state index contributed by atoms with van der Waals surface area (Å²) in [7, 11) is 0. The smallest absolute Gasteiger partial charge is 0.135 e. The van der Waals surface area contributed by atoms with Crippen molar-refractivity contribution in [1.82, 2.24) is 0 Å². The summed E-state index contributed by atoms with van der Waals surface area (Å²) in [6, 6.07) is 29.2. The quantitative estimate of drug-likeness (QED) is 0.0927. The van der Waals surface area contributed by atoms with E-state index in [2.05, 4.69) is 0 Å². The highest BCUT2D eigenvalue weighted by Gasteiger charge is 2.57. The third-order valence-corrected chi connectivity index (χ3v) is 10.9. The standard InChI is InChI=1S/C42H32O9/c43-23-7-1-19(2-8-23)33-36-29(16-28(48)17-30(36)49)37-34(20-3-9-24(44)10-4-20)40(33)41-38(37)31(50)18-32-39(41)35(22-13-26(46)15-27(47)14-22)42(51-32)21-5-11-25(45)12-6-21/h1-18,33-35,37,40,42-50H. The van der Waals surface area contributed by atoms with Crippen LogP contribution < -0.4 is 4.74 Å². The van der Waals surface area contributed by atoms with Gasteiger partial charge in [-0.15, -0.1) is 0 Å². The molecule has 6 atom stereocenters. The van der Waals surface area contributed by atoms with Crippen LogP contribution >= 0.6 is 0 Å². The van der Waals surface area contributed by atoms with Gasteiger partial charge in [0.1, 0.15) is 57.8 Å². The van der Waals surface area contributed by atoms with Crippen LogP contribution in [0.2, 0.25) is 0 Å². The molecule has 1 aliphatic heterocycles. The molecule has 0 saturated carbocycles. The van der Waals surface area contributed by atoms with Crippen molar-refractivity contribution < 1.29 is 45.6 Å². The zero-order chi connectivity index (χ0) is 35.3. The Bertz CT molecular complexity index is 2330. The van der Waals surface area contributed by atoms with Crippen molar-refractivity contribution in [3.63, 3.8) is 0 Å². The minimum absolute atomic E-state index is 0.0379. The highest BCUT2D eigenvalue weighted by Crippen LogP contribution is 2.71. The van der Waals surface area contributed by atoms with Crippen molar-refractivity contribution >= 4 is 0 Å². The van der Waals surface area contributed by atoms with Crippen LogP contribution in [0.3, 0.4) is 0 Å². The van der Waals surface area contributed by atoms with Crippen molar-refractivity contribution in [2.75, 3.05) is 0 Å². The Hall–Kier alpha value is -6.48. The lowest BCUT2D eigenvalue weighted by Gasteiger charge is -2.40. The van der Waals surface area contributed by atoms with Gasteiger partial charge >= 0.3 is 0 Å². The lowest BCUT2D eigenvalue weighted by atomic mass is 9.62. The van der Waals surface area contributed by atoms with Crippen LogP contribution in [0.15, 0.2) is 109 Å². The maximum Gasteiger partial charge on any atom is 0.135 e. The van der Waals surface area contributed by atoms with Gasteiger partial charge in [0.25, 0.3) is 0 Å². The average Bonchev–Trinajstić information content (AvgIpc) is 3.60. The number of fused-ring (bicyclic) bond motifs is 9. The van der Waals surface area contributed by atoms with E-state index in [9.17, 15) is 40.9 Å². The summed E-state index contributed by atoms with van der Waals surface area (Å²) in [5, 5.41) is 86.7. The molecule has 51 heavy (non-hydrogen) atoms. The summed E-state index contributed by atoms with van der Waals surface area (Å²) in [6.07, 6.45) is -0.702. The van der Waals surface area contributed by atoms with E-state index in [0.29, 0.717) is 33.6 Å². The van der Waals surface area contributed by atoms with Gasteiger partial charge in [-0.3, -0.25) is 0 Å². The zero-order valence-corrected chi connectivity index (χ0v) is 26.8. The molecular formula is C42H32O9. The second-order valence-electron chi connectivity index (χ2n) is 13.7. The monoisotopic (exact) mass is 680 g/mol. The number of phenols is 8. The first-order valence-electron chi connectivity index (χ1n) is 16.6. The van der Waals surface area contributed by atoms with E-state index in [1.165, 1.54) is 12.1 Å². The Morgan fingerprint density at radius 2 is 0.882 bits per heavy atom. The van der Waals surface area contributed by atoms with Gasteiger partial charge in [-0.05, 0) is 88.0 Å². The van der Waals surface area contributed by atoms with E-state index < -0.39 is 29.8 Å². The molecule has 0 radical (unpaired) electrons. The fraction of sp³-hybridized carbons (Fsp3) is 0.143. The number of phenolic OH excluding ortho intramolecular Hbond substituents is 8. The van der Waals surface area contributed by atoms with E-state index >= 15 is 0 Å². The number of hydrogen-bond donors (Lipinski definition) is 8. The summed E-state index contributed by atoms with van der Waals surface area (Å²) < 4.78 is 6.71. The number of aromatic hydroxyl groups is 8. The second-order valence-corrected chi connectivity index (χ2v) is 13.7. The summed E-state index contributed by atoms with van der Waals surface area (Å²) in [4.78, 5) is 0. The molecule has 2 bridgehead atoms. The van der Waals surface area contributed by atoms with Crippen LogP contribution in [0.5, 0.6) is 51.7 Å². The first-order chi connectivity index (χ1) is 24.6. The van der Waals surface area contributed by atoms with Crippen LogP contribution in [0, 0.1) is 0 Å². The van der Waals surface area contributed by atoms with Crippen molar-refractivity contribution in [3.8, 4) is 51.7 Å². The molecule has 2 aliphatic carbocycles. The molecule has 3 aliphatic rings. The summed E-state index contributed by atoms with van der Waals surface area (Å²) in [6.45, 7) is 0. The molecule has 6 aromatic carbocycles. The summed E-state index contributed by atoms with van der Waals surface area (Å²) >= 11 is 0. The van der Waals surface area contributed by atoms with Crippen molar-refractivity contribution in [3.05, 3.63) is 159 Å². The molecule has 0 saturated heterocycles. The topological polar surface area (TPSA) is 171 Å². The highest BCUT2D eigenvalue weighted by atomic mass is 16.5. The van der Waals surface area contributed by atoms with Crippen LogP contribution in [0.4, 0.5) is 0 Å². The van der Waals surface area contributed by atoms with E-state index in [-0.39, 0.29) is 51.9 Å². The van der Waals surface area contributed by atoms with E-state index in [1.807, 2.05) is 12.1 Å². The van der Waals surface area contributed by atoms with Crippen LogP contribution in [0.1, 0.15) is 85.8 Å². The molecule has 9 nitrogen and oxygen atoms in total. The van der Waals surface area contributed by atoms with Crippen molar-refractivity contribution in [2.24, 2.45) is 0 Å². The Morgan fingerprint density at radius 3 is 1.49 bits per heavy atom. The molecule has 8 N–H and O–H groups in total. The van der Waals surface area contributed by atoms with Gasteiger partial charge in [0.15, 0.2) is 0 Å². The SMILES string of the molecule is Oc1ccc(C2Oc3cc(O)c4c(c3C2c2cc(O)cc(O)c2)C2C(c3ccc(O)cc3)c3c(O)cc(O)cc3C4C2c2ccc(O)cc2)cc1. The Balaban J connectivity index is 1.39. The minimum atomic E-state index is -0.702. The fourth-order valence-electron chi connectivity index (χ4n) is 9.08. The highest BCUT2D eigenvalue weighted by molar-refractivity contribution is 5.73. The second kappa shape index (κ2) is 11.0. The van der Waals surface area contributed by atoms with Crippen LogP contribution in [0.25, 0.3) is 0 Å². The van der Waals surface area contributed by atoms with Crippen molar-refractivity contribution in [1.29, 1.82) is 0 Å². The Morgan fingerprint density at radius 1 is 0.353 bits per heavy atom. The maximum atomic E-state index is 12.1. The first kappa shape index (κ1) is 30.6. The predicted molar refractivity (Wildman–Crippen MR) is 186 cm³/mol. The molecule has 254 valence electrons. The summed E-state index contributed by atoms with van der Waals surface area (Å²) in [5.74, 6) is -2.56. The van der Waals surface area contributed by atoms with E-state index in [1.54, 1.807) is 84.9 Å². The lowest BCUT2D eigenvalue weighted by molar-refractivity contribution is 0.221. The lowest BCUT2D eigenvalue weighted by Crippen LogP contribution is -2.26. The molecule has 9 rings (SSSR count). The molecule has 0 spiro atoms. The number of ether oxygens (including phenoxy) is 1. The van der Waals surface area contributed by atoms with Gasteiger partial charge in [-0.1, -0.05) is 36.4 Å². The number of hydrogen-bond acceptors (Lipinski definition) is 9. The number of rotatable bonds is 4. The Labute approximate surface area is 291 Å². The Kier molecular flexibility index (Phi) is 6.60. The molecule has 0 aromatic heterocycles. The fourth-order valence-corrected chi connectivity index (χ4v) is 9.08. The number of benzene rings is 6. The molecular weight excluding hydrogens is 648 g/mol. The first-order valence-corrected chi connectivity index (χ1v) is 16.6. The molecule has 6 aromatic rings. The third kappa shape index (κ3) is 4.61. The van der Waals surface area contributed by atoms with Crippen LogP contribution in [-0.2, 0) is 0 Å². The van der Waals surface area contributed by atoms with Gasteiger partial charge in [-0.25, -0.2) is 0 Å². The predicted octanol–water partition coefficient (Wildman–Crippen LogP) is 7.76. The minimum Gasteiger partial charge on any atom is -0.508 e. The molecule has 6 unspecified atom stereocenters. The van der Waals surface area contributed by atoms with E-state index in [4.69, 9.17) is 4.74 Å². The van der Waals surface area contributed by atoms with Crippen LogP contribution in [-0.4, -0.2) is 40.9 Å². The van der Waals surface area contributed by atoms with Gasteiger partial charge < -0.3 is 45.6 Å². The summed E-state index contributed by atoms with van der Waals surface area (Å²) in [5.41, 5.74) is 6.16. The normalized spacial score (nSPS) is 22.5. The zero-order valence-electron chi connectivity index (χ0n) is 26.8. The molecule has 9 heteroatoms. The molecule has 1 heterocycles.